The van der Waals surface area contributed by atoms with Gasteiger partial charge in [-0.15, -0.1) is 0 Å². The highest BCUT2D eigenvalue weighted by Crippen LogP contribution is 2.33. The van der Waals surface area contributed by atoms with E-state index in [1.807, 2.05) is 37.3 Å². The van der Waals surface area contributed by atoms with Crippen molar-refractivity contribution < 1.29 is 18.0 Å². The first-order valence-corrected chi connectivity index (χ1v) is 11.2. The number of imidazole rings is 1. The first-order valence-electron chi connectivity index (χ1n) is 11.2. The molecule has 2 aromatic heterocycles. The number of fused-ring (bicyclic) bond motifs is 1. The van der Waals surface area contributed by atoms with Crippen molar-refractivity contribution in [2.75, 3.05) is 13.1 Å². The van der Waals surface area contributed by atoms with Crippen LogP contribution in [-0.2, 0) is 12.7 Å². The fourth-order valence-corrected chi connectivity index (χ4v) is 4.67. The molecule has 0 unspecified atom stereocenters. The summed E-state index contributed by atoms with van der Waals surface area (Å²) in [6, 6.07) is 16.3. The lowest BCUT2D eigenvalue weighted by molar-refractivity contribution is -0.147. The van der Waals surface area contributed by atoms with Crippen LogP contribution in [0.5, 0.6) is 0 Å². The average molecular weight is 467 g/mol. The molecule has 0 atom stereocenters. The predicted octanol–water partition coefficient (Wildman–Crippen LogP) is 5.10. The van der Waals surface area contributed by atoms with Gasteiger partial charge in [-0.2, -0.15) is 18.3 Å². The van der Waals surface area contributed by atoms with Gasteiger partial charge in [0.25, 0.3) is 5.91 Å². The van der Waals surface area contributed by atoms with Crippen LogP contribution in [-0.4, -0.2) is 43.2 Å². The minimum absolute atomic E-state index is 0.0240. The number of alkyl halides is 3. The predicted molar refractivity (Wildman–Crippen MR) is 122 cm³/mol. The molecule has 0 radical (unpaired) electrons. The molecule has 3 heterocycles. The summed E-state index contributed by atoms with van der Waals surface area (Å²) in [5, 5.41) is 4.38. The molecular formula is C25H24F3N5O. The number of halogens is 3. The summed E-state index contributed by atoms with van der Waals surface area (Å²) in [6.07, 6.45) is -1.68. The number of hydrogen-bond donors (Lipinski definition) is 0. The Bertz CT molecular complexity index is 1320. The molecule has 0 saturated carbocycles. The van der Waals surface area contributed by atoms with Gasteiger partial charge in [0.2, 0.25) is 5.82 Å². The van der Waals surface area contributed by atoms with Crippen molar-refractivity contribution in [3.05, 3.63) is 77.9 Å². The third kappa shape index (κ3) is 4.06. The first kappa shape index (κ1) is 22.2. The minimum atomic E-state index is -4.52. The monoisotopic (exact) mass is 467 g/mol. The summed E-state index contributed by atoms with van der Waals surface area (Å²) in [6.45, 7) is 3.08. The lowest BCUT2D eigenvalue weighted by Crippen LogP contribution is -2.39. The molecule has 2 aromatic carbocycles. The van der Waals surface area contributed by atoms with Crippen LogP contribution in [0.4, 0.5) is 13.2 Å². The van der Waals surface area contributed by atoms with Gasteiger partial charge >= 0.3 is 6.18 Å². The molecular weight excluding hydrogens is 443 g/mol. The molecule has 1 aliphatic rings. The van der Waals surface area contributed by atoms with Crippen LogP contribution >= 0.6 is 0 Å². The Morgan fingerprint density at radius 2 is 1.71 bits per heavy atom. The van der Waals surface area contributed by atoms with E-state index in [0.29, 0.717) is 42.5 Å². The zero-order chi connectivity index (χ0) is 23.9. The average Bonchev–Trinajstić information content (AvgIpc) is 3.40. The van der Waals surface area contributed by atoms with Crippen LogP contribution in [0.25, 0.3) is 16.7 Å². The fraction of sp³-hybridized carbons (Fsp3) is 0.320. The molecule has 0 aliphatic carbocycles. The SMILES string of the molecule is Cc1c(C(=O)N2CCC(Cn3c(C(F)(F)F)nc4ccccc43)CC2)cnn1-c1ccccc1. The molecule has 176 valence electrons. The van der Waals surface area contributed by atoms with E-state index in [0.717, 1.165) is 11.4 Å². The number of benzene rings is 2. The second-order valence-electron chi connectivity index (χ2n) is 8.66. The molecule has 0 spiro atoms. The van der Waals surface area contributed by atoms with Crippen LogP contribution in [0.15, 0.2) is 60.8 Å². The minimum Gasteiger partial charge on any atom is -0.339 e. The number of piperidine rings is 1. The molecule has 34 heavy (non-hydrogen) atoms. The van der Waals surface area contributed by atoms with E-state index < -0.39 is 12.0 Å². The molecule has 1 saturated heterocycles. The van der Waals surface area contributed by atoms with Gasteiger partial charge in [0.1, 0.15) is 0 Å². The number of likely N-dealkylation sites (tertiary alicyclic amines) is 1. The summed E-state index contributed by atoms with van der Waals surface area (Å²) < 4.78 is 43.9. The van der Waals surface area contributed by atoms with E-state index >= 15 is 0 Å². The molecule has 1 amide bonds. The lowest BCUT2D eigenvalue weighted by atomic mass is 9.96. The third-order valence-electron chi connectivity index (χ3n) is 6.49. The van der Waals surface area contributed by atoms with Gasteiger partial charge in [0.15, 0.2) is 0 Å². The standard InChI is InChI=1S/C25H24F3N5O/c1-17-20(15-29-33(17)19-7-3-2-4-8-19)23(34)31-13-11-18(12-14-31)16-32-22-10-6-5-9-21(22)30-24(32)25(26,27)28/h2-10,15,18H,11-14,16H2,1H3. The number of hydrogen-bond acceptors (Lipinski definition) is 3. The van der Waals surface area contributed by atoms with Crippen LogP contribution in [0, 0.1) is 12.8 Å². The molecule has 1 aliphatic heterocycles. The van der Waals surface area contributed by atoms with E-state index in [1.54, 1.807) is 40.0 Å². The van der Waals surface area contributed by atoms with Gasteiger partial charge in [0.05, 0.1) is 34.2 Å². The fourth-order valence-electron chi connectivity index (χ4n) is 4.67. The van der Waals surface area contributed by atoms with Gasteiger partial charge in [0, 0.05) is 19.6 Å². The van der Waals surface area contributed by atoms with Gasteiger partial charge in [-0.1, -0.05) is 30.3 Å². The molecule has 9 heteroatoms. The highest BCUT2D eigenvalue weighted by Gasteiger charge is 2.38. The van der Waals surface area contributed by atoms with E-state index in [-0.39, 0.29) is 18.4 Å². The topological polar surface area (TPSA) is 56.0 Å². The Morgan fingerprint density at radius 1 is 1.03 bits per heavy atom. The van der Waals surface area contributed by atoms with Gasteiger partial charge in [-0.25, -0.2) is 9.67 Å². The van der Waals surface area contributed by atoms with Crippen LogP contribution < -0.4 is 0 Å². The second kappa shape index (κ2) is 8.62. The number of aromatic nitrogens is 4. The molecule has 5 rings (SSSR count). The van der Waals surface area contributed by atoms with Crippen LogP contribution in [0.3, 0.4) is 0 Å². The van der Waals surface area contributed by atoms with Gasteiger partial charge in [-0.05, 0) is 49.9 Å². The maximum absolute atomic E-state index is 13.6. The van der Waals surface area contributed by atoms with Crippen molar-refractivity contribution in [1.82, 2.24) is 24.2 Å². The maximum atomic E-state index is 13.6. The molecule has 4 aromatic rings. The summed E-state index contributed by atoms with van der Waals surface area (Å²) in [4.78, 5) is 18.8. The van der Waals surface area contributed by atoms with E-state index in [1.165, 1.54) is 4.57 Å². The Morgan fingerprint density at radius 3 is 2.41 bits per heavy atom. The highest BCUT2D eigenvalue weighted by molar-refractivity contribution is 5.95. The van der Waals surface area contributed by atoms with Crippen molar-refractivity contribution in [3.8, 4) is 5.69 Å². The number of carbonyl (C=O) groups is 1. The molecule has 6 nitrogen and oxygen atoms in total. The molecule has 0 N–H and O–H groups in total. The quantitative estimate of drug-likeness (QED) is 0.420. The van der Waals surface area contributed by atoms with Crippen molar-refractivity contribution in [2.45, 2.75) is 32.5 Å². The van der Waals surface area contributed by atoms with E-state index in [9.17, 15) is 18.0 Å². The Balaban J connectivity index is 1.29. The summed E-state index contributed by atoms with van der Waals surface area (Å²) in [7, 11) is 0. The second-order valence-corrected chi connectivity index (χ2v) is 8.66. The number of para-hydroxylation sites is 3. The normalized spacial score (nSPS) is 15.2. The molecule has 1 fully saturated rings. The lowest BCUT2D eigenvalue weighted by Gasteiger charge is -2.32. The van der Waals surface area contributed by atoms with Gasteiger partial charge < -0.3 is 9.47 Å². The van der Waals surface area contributed by atoms with E-state index in [2.05, 4.69) is 10.1 Å². The maximum Gasteiger partial charge on any atom is 0.449 e. The van der Waals surface area contributed by atoms with E-state index in [4.69, 9.17) is 0 Å². The van der Waals surface area contributed by atoms with Gasteiger partial charge in [-0.3, -0.25) is 4.79 Å². The summed E-state index contributed by atoms with van der Waals surface area (Å²) in [5.74, 6) is -0.936. The first-order chi connectivity index (χ1) is 16.3. The van der Waals surface area contributed by atoms with Crippen molar-refractivity contribution in [2.24, 2.45) is 5.92 Å². The van der Waals surface area contributed by atoms with Crippen LogP contribution in [0.2, 0.25) is 0 Å². The summed E-state index contributed by atoms with van der Waals surface area (Å²) >= 11 is 0. The number of rotatable bonds is 4. The molecule has 0 bridgehead atoms. The smallest absolute Gasteiger partial charge is 0.339 e. The highest BCUT2D eigenvalue weighted by atomic mass is 19.4. The Kier molecular flexibility index (Phi) is 5.63. The summed E-state index contributed by atoms with van der Waals surface area (Å²) in [5.41, 5.74) is 3.01. The van der Waals surface area contributed by atoms with Crippen molar-refractivity contribution in [3.63, 3.8) is 0 Å². The number of nitrogens with zero attached hydrogens (tertiary/aromatic N) is 5. The zero-order valence-corrected chi connectivity index (χ0v) is 18.7. The number of carbonyl (C=O) groups excluding carboxylic acids is 1. The van der Waals surface area contributed by atoms with Crippen molar-refractivity contribution in [1.29, 1.82) is 0 Å². The largest absolute Gasteiger partial charge is 0.449 e. The van der Waals surface area contributed by atoms with Crippen LogP contribution in [0.1, 0.15) is 34.7 Å². The van der Waals surface area contributed by atoms with Crippen molar-refractivity contribution >= 4 is 16.9 Å². The Hall–Kier alpha value is -3.62. The third-order valence-corrected chi connectivity index (χ3v) is 6.49. The number of amides is 1. The zero-order valence-electron chi connectivity index (χ0n) is 18.7. The Labute approximate surface area is 194 Å².